The predicted octanol–water partition coefficient (Wildman–Crippen LogP) is 1.13. The molecule has 0 amide bonds. The largest absolute Gasteiger partial charge is 0.401 e. The maximum atomic E-state index is 12.2. The Morgan fingerprint density at radius 2 is 2.06 bits per heavy atom. The molecule has 17 heavy (non-hydrogen) atoms. The number of nitrogens with zero attached hydrogens (tertiary/aromatic N) is 3. The molecule has 1 aromatic rings. The molecule has 0 atom stereocenters. The minimum atomic E-state index is -4.22. The van der Waals surface area contributed by atoms with Gasteiger partial charge < -0.3 is 9.67 Å². The van der Waals surface area contributed by atoms with Crippen LogP contribution in [0.1, 0.15) is 6.42 Å². The van der Waals surface area contributed by atoms with E-state index < -0.39 is 12.7 Å². The third kappa shape index (κ3) is 6.28. The van der Waals surface area contributed by atoms with Crippen LogP contribution >= 0.6 is 0 Å². The first-order chi connectivity index (χ1) is 8.01. The quantitative estimate of drug-likeness (QED) is 0.789. The normalized spacial score (nSPS) is 12.3. The number of alkyl halides is 3. The molecule has 0 aliphatic rings. The molecular weight excluding hydrogens is 235 g/mol. The molecule has 0 aliphatic heterocycles. The van der Waals surface area contributed by atoms with Crippen molar-refractivity contribution in [1.82, 2.24) is 14.5 Å². The van der Waals surface area contributed by atoms with Gasteiger partial charge >= 0.3 is 6.18 Å². The Morgan fingerprint density at radius 1 is 1.29 bits per heavy atom. The first-order valence-electron chi connectivity index (χ1n) is 5.37. The molecule has 0 unspecified atom stereocenters. The summed E-state index contributed by atoms with van der Waals surface area (Å²) < 4.78 is 38.4. The fourth-order valence-electron chi connectivity index (χ4n) is 1.56. The Bertz CT molecular complexity index is 300. The van der Waals surface area contributed by atoms with E-state index in [1.807, 2.05) is 4.57 Å². The molecule has 4 nitrogen and oxygen atoms in total. The van der Waals surface area contributed by atoms with Crippen LogP contribution in [0.2, 0.25) is 0 Å². The Morgan fingerprint density at radius 3 is 2.59 bits per heavy atom. The van der Waals surface area contributed by atoms with Gasteiger partial charge in [-0.1, -0.05) is 0 Å². The SMILES string of the molecule is OCCN(CCCn1ccnc1)CC(F)(F)F. The van der Waals surface area contributed by atoms with Gasteiger partial charge in [-0.2, -0.15) is 13.2 Å². The van der Waals surface area contributed by atoms with Crippen molar-refractivity contribution >= 4 is 0 Å². The molecular formula is C10H16F3N3O. The summed E-state index contributed by atoms with van der Waals surface area (Å²) in [6.07, 6.45) is 1.39. The number of hydrogen-bond donors (Lipinski definition) is 1. The smallest absolute Gasteiger partial charge is 0.395 e. The van der Waals surface area contributed by atoms with Crippen LogP contribution in [0.3, 0.4) is 0 Å². The van der Waals surface area contributed by atoms with E-state index in [9.17, 15) is 13.2 Å². The lowest BCUT2D eigenvalue weighted by molar-refractivity contribution is -0.146. The van der Waals surface area contributed by atoms with E-state index in [0.717, 1.165) is 0 Å². The number of hydrogen-bond acceptors (Lipinski definition) is 3. The Balaban J connectivity index is 2.29. The van der Waals surface area contributed by atoms with Crippen molar-refractivity contribution in [2.24, 2.45) is 0 Å². The van der Waals surface area contributed by atoms with Crippen LogP contribution < -0.4 is 0 Å². The maximum Gasteiger partial charge on any atom is 0.401 e. The zero-order chi connectivity index (χ0) is 12.7. The third-order valence-electron chi connectivity index (χ3n) is 2.27. The molecule has 0 bridgehead atoms. The van der Waals surface area contributed by atoms with Gasteiger partial charge in [0.1, 0.15) is 0 Å². The van der Waals surface area contributed by atoms with Crippen LogP contribution in [0, 0.1) is 0 Å². The van der Waals surface area contributed by atoms with Gasteiger partial charge in [-0.25, -0.2) is 4.98 Å². The monoisotopic (exact) mass is 251 g/mol. The molecule has 0 spiro atoms. The highest BCUT2D eigenvalue weighted by Crippen LogP contribution is 2.16. The minimum Gasteiger partial charge on any atom is -0.395 e. The van der Waals surface area contributed by atoms with Crippen molar-refractivity contribution in [3.63, 3.8) is 0 Å². The fourth-order valence-corrected chi connectivity index (χ4v) is 1.56. The van der Waals surface area contributed by atoms with Crippen molar-refractivity contribution < 1.29 is 18.3 Å². The maximum absolute atomic E-state index is 12.2. The summed E-state index contributed by atoms with van der Waals surface area (Å²) in [4.78, 5) is 5.05. The predicted molar refractivity (Wildman–Crippen MR) is 56.4 cm³/mol. The highest BCUT2D eigenvalue weighted by atomic mass is 19.4. The number of aryl methyl sites for hydroxylation is 1. The summed E-state index contributed by atoms with van der Waals surface area (Å²) in [6.45, 7) is -0.264. The Labute approximate surface area is 97.7 Å². The van der Waals surface area contributed by atoms with E-state index in [1.54, 1.807) is 18.7 Å². The molecule has 0 radical (unpaired) electrons. The third-order valence-corrected chi connectivity index (χ3v) is 2.27. The van der Waals surface area contributed by atoms with Crippen molar-refractivity contribution in [2.45, 2.75) is 19.1 Å². The molecule has 1 aromatic heterocycles. The number of aromatic nitrogens is 2. The lowest BCUT2D eigenvalue weighted by atomic mass is 10.3. The molecule has 0 aromatic carbocycles. The molecule has 0 fully saturated rings. The second-order valence-corrected chi connectivity index (χ2v) is 3.77. The van der Waals surface area contributed by atoms with Gasteiger partial charge in [0, 0.05) is 32.0 Å². The molecule has 1 heterocycles. The molecule has 0 saturated carbocycles. The number of rotatable bonds is 7. The van der Waals surface area contributed by atoms with E-state index in [0.29, 0.717) is 19.5 Å². The van der Waals surface area contributed by atoms with Gasteiger partial charge in [-0.05, 0) is 6.42 Å². The van der Waals surface area contributed by atoms with E-state index in [-0.39, 0.29) is 13.2 Å². The molecule has 1 rings (SSSR count). The zero-order valence-corrected chi connectivity index (χ0v) is 9.40. The number of imidazole rings is 1. The second-order valence-electron chi connectivity index (χ2n) is 3.77. The van der Waals surface area contributed by atoms with Crippen molar-refractivity contribution in [3.8, 4) is 0 Å². The van der Waals surface area contributed by atoms with Gasteiger partial charge in [0.15, 0.2) is 0 Å². The van der Waals surface area contributed by atoms with Gasteiger partial charge in [0.25, 0.3) is 0 Å². The number of aliphatic hydroxyl groups excluding tert-OH is 1. The van der Waals surface area contributed by atoms with Crippen LogP contribution in [0.15, 0.2) is 18.7 Å². The molecule has 7 heteroatoms. The summed E-state index contributed by atoms with van der Waals surface area (Å²) in [5.74, 6) is 0. The van der Waals surface area contributed by atoms with E-state index >= 15 is 0 Å². The molecule has 0 saturated heterocycles. The second kappa shape index (κ2) is 6.61. The Hall–Kier alpha value is -1.08. The topological polar surface area (TPSA) is 41.3 Å². The van der Waals surface area contributed by atoms with Crippen molar-refractivity contribution in [1.29, 1.82) is 0 Å². The standard InChI is InChI=1S/C10H16F3N3O/c11-10(12,13)8-15(6-7-17)3-1-4-16-5-2-14-9-16/h2,5,9,17H,1,3-4,6-8H2. The lowest BCUT2D eigenvalue weighted by Crippen LogP contribution is -2.37. The van der Waals surface area contributed by atoms with E-state index in [4.69, 9.17) is 5.11 Å². The fraction of sp³-hybridized carbons (Fsp3) is 0.700. The minimum absolute atomic E-state index is 0.0451. The van der Waals surface area contributed by atoms with Gasteiger partial charge in [-0.15, -0.1) is 0 Å². The molecule has 1 N–H and O–H groups in total. The van der Waals surface area contributed by atoms with E-state index in [2.05, 4.69) is 4.98 Å². The Kier molecular flexibility index (Phi) is 5.43. The van der Waals surface area contributed by atoms with Crippen molar-refractivity contribution in [2.75, 3.05) is 26.2 Å². The van der Waals surface area contributed by atoms with Gasteiger partial charge in [0.2, 0.25) is 0 Å². The highest BCUT2D eigenvalue weighted by Gasteiger charge is 2.30. The number of halogens is 3. The van der Waals surface area contributed by atoms with E-state index in [1.165, 1.54) is 4.90 Å². The van der Waals surface area contributed by atoms with Crippen LogP contribution in [0.4, 0.5) is 13.2 Å². The van der Waals surface area contributed by atoms with Crippen LogP contribution in [-0.2, 0) is 6.54 Å². The first-order valence-corrected chi connectivity index (χ1v) is 5.37. The molecule has 0 aliphatic carbocycles. The van der Waals surface area contributed by atoms with Crippen molar-refractivity contribution in [3.05, 3.63) is 18.7 Å². The first kappa shape index (κ1) is 14.0. The highest BCUT2D eigenvalue weighted by molar-refractivity contribution is 4.74. The van der Waals surface area contributed by atoms with Crippen LogP contribution in [-0.4, -0.2) is 52.0 Å². The summed E-state index contributed by atoms with van der Waals surface area (Å²) in [5.41, 5.74) is 0. The van der Waals surface area contributed by atoms with Crippen LogP contribution in [0.5, 0.6) is 0 Å². The summed E-state index contributed by atoms with van der Waals surface area (Å²) >= 11 is 0. The average Bonchev–Trinajstić information content (AvgIpc) is 2.68. The molecule has 98 valence electrons. The lowest BCUT2D eigenvalue weighted by Gasteiger charge is -2.22. The summed E-state index contributed by atoms with van der Waals surface area (Å²) in [5, 5.41) is 8.69. The van der Waals surface area contributed by atoms with Crippen LogP contribution in [0.25, 0.3) is 0 Å². The average molecular weight is 251 g/mol. The van der Waals surface area contributed by atoms with Gasteiger partial charge in [0.05, 0.1) is 19.5 Å². The summed E-state index contributed by atoms with van der Waals surface area (Å²) in [6, 6.07) is 0. The number of aliphatic hydroxyl groups is 1. The summed E-state index contributed by atoms with van der Waals surface area (Å²) in [7, 11) is 0. The van der Waals surface area contributed by atoms with Gasteiger partial charge in [-0.3, -0.25) is 4.90 Å². The zero-order valence-electron chi connectivity index (χ0n) is 9.40.